The number of benzene rings is 1. The predicted molar refractivity (Wildman–Crippen MR) is 99.5 cm³/mol. The van der Waals surface area contributed by atoms with Gasteiger partial charge in [-0.2, -0.15) is 5.10 Å². The lowest BCUT2D eigenvalue weighted by molar-refractivity contribution is 0.148. The maximum Gasteiger partial charge on any atom is 0.101 e. The quantitative estimate of drug-likeness (QED) is 0.768. The molecule has 3 aromatic rings. The number of hydrogen-bond donors (Lipinski definition) is 1. The van der Waals surface area contributed by atoms with Gasteiger partial charge >= 0.3 is 0 Å². The molecule has 3 heterocycles. The van der Waals surface area contributed by atoms with E-state index < -0.39 is 0 Å². The lowest BCUT2D eigenvalue weighted by atomic mass is 10.1. The molecule has 2 aromatic heterocycles. The molecule has 0 amide bonds. The number of hydrogen-bond acceptors (Lipinski definition) is 4. The Morgan fingerprint density at radius 2 is 2.04 bits per heavy atom. The summed E-state index contributed by atoms with van der Waals surface area (Å²) in [5, 5.41) is 15.1. The Bertz CT molecular complexity index is 910. The number of aromatic nitrogens is 4. The van der Waals surface area contributed by atoms with Crippen molar-refractivity contribution >= 4 is 11.0 Å². The van der Waals surface area contributed by atoms with Crippen molar-refractivity contribution in [3.05, 3.63) is 48.0 Å². The predicted octanol–water partition coefficient (Wildman–Crippen LogP) is 2.58. The second-order valence-electron chi connectivity index (χ2n) is 7.62. The highest BCUT2D eigenvalue weighted by Gasteiger charge is 2.33. The molecule has 0 unspecified atom stereocenters. The summed E-state index contributed by atoms with van der Waals surface area (Å²) < 4.78 is 4.34. The smallest absolute Gasteiger partial charge is 0.101 e. The van der Waals surface area contributed by atoms with Crippen molar-refractivity contribution in [1.29, 1.82) is 0 Å². The fraction of sp³-hybridized carbons (Fsp3) is 0.500. The molecular formula is C20H25N5O. The Kier molecular flexibility index (Phi) is 4.02. The Hall–Kier alpha value is -2.18. The molecule has 1 aromatic carbocycles. The van der Waals surface area contributed by atoms with E-state index in [0.717, 1.165) is 63.2 Å². The number of rotatable bonds is 5. The van der Waals surface area contributed by atoms with Crippen molar-refractivity contribution in [2.75, 3.05) is 13.1 Å². The molecule has 0 saturated heterocycles. The van der Waals surface area contributed by atoms with E-state index in [1.165, 1.54) is 11.2 Å². The molecule has 26 heavy (non-hydrogen) atoms. The summed E-state index contributed by atoms with van der Waals surface area (Å²) in [6.45, 7) is 4.85. The van der Waals surface area contributed by atoms with Crippen LogP contribution in [0.15, 0.2) is 36.7 Å². The van der Waals surface area contributed by atoms with Crippen molar-refractivity contribution in [2.24, 2.45) is 5.92 Å². The number of nitrogens with zero attached hydrogens (tertiary/aromatic N) is 5. The van der Waals surface area contributed by atoms with E-state index >= 15 is 0 Å². The van der Waals surface area contributed by atoms with Crippen LogP contribution in [0.4, 0.5) is 0 Å². The normalized spacial score (nSPS) is 19.4. The van der Waals surface area contributed by atoms with Crippen LogP contribution in [-0.2, 0) is 19.6 Å². The summed E-state index contributed by atoms with van der Waals surface area (Å²) >= 11 is 0. The molecule has 1 aliphatic heterocycles. The SMILES string of the molecule is O[C@H](c1cc2n(n1)CCCN(CCn1cnc3ccccc31)C2)C1CC1. The molecule has 1 aliphatic carbocycles. The Morgan fingerprint density at radius 1 is 1.15 bits per heavy atom. The first-order chi connectivity index (χ1) is 12.8. The van der Waals surface area contributed by atoms with Crippen LogP contribution in [0.25, 0.3) is 11.0 Å². The number of aliphatic hydroxyl groups is 1. The van der Waals surface area contributed by atoms with Crippen LogP contribution < -0.4 is 0 Å². The Morgan fingerprint density at radius 3 is 2.92 bits per heavy atom. The largest absolute Gasteiger partial charge is 0.386 e. The molecule has 2 aliphatic rings. The van der Waals surface area contributed by atoms with Gasteiger partial charge in [-0.05, 0) is 43.4 Å². The fourth-order valence-electron chi connectivity index (χ4n) is 3.98. The summed E-state index contributed by atoms with van der Waals surface area (Å²) in [4.78, 5) is 6.97. The van der Waals surface area contributed by atoms with Gasteiger partial charge in [-0.3, -0.25) is 9.58 Å². The molecule has 0 bridgehead atoms. The number of aliphatic hydroxyl groups excluding tert-OH is 1. The summed E-state index contributed by atoms with van der Waals surface area (Å²) in [7, 11) is 0. The lowest BCUT2D eigenvalue weighted by Crippen LogP contribution is -2.27. The molecule has 5 rings (SSSR count). The van der Waals surface area contributed by atoms with Crippen LogP contribution in [0.2, 0.25) is 0 Å². The number of fused-ring (bicyclic) bond motifs is 2. The molecule has 1 atom stereocenters. The van der Waals surface area contributed by atoms with Crippen molar-refractivity contribution in [3.8, 4) is 0 Å². The molecule has 1 N–H and O–H groups in total. The van der Waals surface area contributed by atoms with Gasteiger partial charge in [-0.25, -0.2) is 4.98 Å². The zero-order chi connectivity index (χ0) is 17.5. The molecule has 1 saturated carbocycles. The average molecular weight is 351 g/mol. The lowest BCUT2D eigenvalue weighted by Gasteiger charge is -2.19. The Labute approximate surface area is 153 Å². The second-order valence-corrected chi connectivity index (χ2v) is 7.62. The monoisotopic (exact) mass is 351 g/mol. The van der Waals surface area contributed by atoms with Crippen LogP contribution in [-0.4, -0.2) is 42.4 Å². The summed E-state index contributed by atoms with van der Waals surface area (Å²) in [5.41, 5.74) is 4.35. The molecule has 1 fully saturated rings. The zero-order valence-electron chi connectivity index (χ0n) is 15.0. The van der Waals surface area contributed by atoms with Crippen LogP contribution in [0.5, 0.6) is 0 Å². The van der Waals surface area contributed by atoms with Crippen molar-refractivity contribution in [1.82, 2.24) is 24.2 Å². The van der Waals surface area contributed by atoms with Crippen molar-refractivity contribution < 1.29 is 5.11 Å². The van der Waals surface area contributed by atoms with Gasteiger partial charge in [0.1, 0.15) is 6.10 Å². The maximum absolute atomic E-state index is 10.4. The fourth-order valence-corrected chi connectivity index (χ4v) is 3.98. The highest BCUT2D eigenvalue weighted by atomic mass is 16.3. The summed E-state index contributed by atoms with van der Waals surface area (Å²) in [5.74, 6) is 0.430. The third kappa shape index (κ3) is 3.04. The van der Waals surface area contributed by atoms with Crippen LogP contribution >= 0.6 is 0 Å². The van der Waals surface area contributed by atoms with E-state index in [9.17, 15) is 5.11 Å². The van der Waals surface area contributed by atoms with E-state index in [2.05, 4.69) is 48.5 Å². The van der Waals surface area contributed by atoms with Gasteiger partial charge in [0.25, 0.3) is 0 Å². The summed E-state index contributed by atoms with van der Waals surface area (Å²) in [6.07, 6.45) is 4.93. The van der Waals surface area contributed by atoms with Gasteiger partial charge in [-0.15, -0.1) is 0 Å². The Balaban J connectivity index is 1.28. The molecule has 6 nitrogen and oxygen atoms in total. The van der Waals surface area contributed by atoms with Gasteiger partial charge in [0.2, 0.25) is 0 Å². The number of imidazole rings is 1. The van der Waals surface area contributed by atoms with Gasteiger partial charge in [0.05, 0.1) is 28.7 Å². The first-order valence-electron chi connectivity index (χ1n) is 9.65. The minimum atomic E-state index is -0.375. The molecular weight excluding hydrogens is 326 g/mol. The van der Waals surface area contributed by atoms with Gasteiger partial charge < -0.3 is 9.67 Å². The van der Waals surface area contributed by atoms with E-state index in [-0.39, 0.29) is 6.10 Å². The first kappa shape index (κ1) is 16.0. The van der Waals surface area contributed by atoms with Crippen molar-refractivity contribution in [2.45, 2.75) is 45.0 Å². The van der Waals surface area contributed by atoms with Crippen molar-refractivity contribution in [3.63, 3.8) is 0 Å². The molecule has 0 radical (unpaired) electrons. The zero-order valence-corrected chi connectivity index (χ0v) is 15.0. The van der Waals surface area contributed by atoms with Crippen LogP contribution in [0.1, 0.15) is 36.8 Å². The van der Waals surface area contributed by atoms with Gasteiger partial charge in [-0.1, -0.05) is 12.1 Å². The van der Waals surface area contributed by atoms with Gasteiger partial charge in [0, 0.05) is 32.7 Å². The average Bonchev–Trinajstić information content (AvgIpc) is 3.37. The third-order valence-corrected chi connectivity index (χ3v) is 5.67. The third-order valence-electron chi connectivity index (χ3n) is 5.67. The maximum atomic E-state index is 10.4. The standard InChI is InChI=1S/C20H25N5O/c26-20(15-6-7-15)18-12-16-13-23(8-3-9-25(16)22-18)10-11-24-14-21-17-4-1-2-5-19(17)24/h1-2,4-5,12,14-15,20,26H,3,6-11,13H2/t20-/m0/s1. The highest BCUT2D eigenvalue weighted by Crippen LogP contribution is 2.40. The van der Waals surface area contributed by atoms with E-state index in [1.54, 1.807) is 0 Å². The van der Waals surface area contributed by atoms with E-state index in [4.69, 9.17) is 0 Å². The minimum Gasteiger partial charge on any atom is -0.386 e. The summed E-state index contributed by atoms with van der Waals surface area (Å²) in [6, 6.07) is 10.4. The molecule has 6 heteroatoms. The van der Waals surface area contributed by atoms with Crippen LogP contribution in [0.3, 0.4) is 0 Å². The minimum absolute atomic E-state index is 0.375. The number of para-hydroxylation sites is 2. The van der Waals surface area contributed by atoms with E-state index in [1.807, 2.05) is 12.4 Å². The highest BCUT2D eigenvalue weighted by molar-refractivity contribution is 5.74. The second kappa shape index (κ2) is 6.52. The topological polar surface area (TPSA) is 59.1 Å². The number of aryl methyl sites for hydroxylation is 1. The first-order valence-corrected chi connectivity index (χ1v) is 9.65. The van der Waals surface area contributed by atoms with E-state index in [0.29, 0.717) is 5.92 Å². The molecule has 0 spiro atoms. The van der Waals surface area contributed by atoms with Gasteiger partial charge in [0.15, 0.2) is 0 Å². The molecule has 136 valence electrons. The van der Waals surface area contributed by atoms with Crippen LogP contribution in [0, 0.1) is 5.92 Å².